The fraction of sp³-hybridized carbons (Fsp3) is 0.259. The molecular formula is C27H26N2O5. The molecule has 1 aromatic heterocycles. The smallest absolute Gasteiger partial charge is 0.224 e. The van der Waals surface area contributed by atoms with Gasteiger partial charge >= 0.3 is 0 Å². The first kappa shape index (κ1) is 21.8. The van der Waals surface area contributed by atoms with Gasteiger partial charge in [-0.3, -0.25) is 14.5 Å². The number of ketones is 1. The van der Waals surface area contributed by atoms with Gasteiger partial charge in [0.2, 0.25) is 5.91 Å². The number of methoxy groups -OCH3 is 2. The normalized spacial score (nSPS) is 19.6. The molecule has 2 atom stereocenters. The fourth-order valence-electron chi connectivity index (χ4n) is 5.00. The van der Waals surface area contributed by atoms with Gasteiger partial charge in [0.1, 0.15) is 11.8 Å². The third-order valence-electron chi connectivity index (χ3n) is 6.52. The van der Waals surface area contributed by atoms with Crippen LogP contribution < -0.4 is 19.7 Å². The number of furan rings is 1. The minimum Gasteiger partial charge on any atom is -0.493 e. The largest absolute Gasteiger partial charge is 0.493 e. The second-order valence-corrected chi connectivity index (χ2v) is 8.48. The number of nitrogens with zero attached hydrogens (tertiary/aromatic N) is 1. The van der Waals surface area contributed by atoms with Gasteiger partial charge in [0, 0.05) is 24.6 Å². The van der Waals surface area contributed by atoms with E-state index in [9.17, 15) is 9.59 Å². The van der Waals surface area contributed by atoms with Gasteiger partial charge in [-0.1, -0.05) is 18.2 Å². The summed E-state index contributed by atoms with van der Waals surface area (Å²) in [5, 5.41) is 3.49. The molecule has 34 heavy (non-hydrogen) atoms. The first-order chi connectivity index (χ1) is 16.5. The fourth-order valence-corrected chi connectivity index (χ4v) is 5.00. The topological polar surface area (TPSA) is 81.0 Å². The molecule has 0 bridgehead atoms. The number of fused-ring (bicyclic) bond motifs is 1. The van der Waals surface area contributed by atoms with Gasteiger partial charge in [-0.05, 0) is 54.3 Å². The van der Waals surface area contributed by atoms with Crippen LogP contribution in [0.3, 0.4) is 0 Å². The number of nitrogens with one attached hydrogen (secondary N) is 1. The number of amides is 1. The van der Waals surface area contributed by atoms with E-state index in [4.69, 9.17) is 13.9 Å². The van der Waals surface area contributed by atoms with Crippen LogP contribution in [0.1, 0.15) is 43.0 Å². The van der Waals surface area contributed by atoms with Crippen molar-refractivity contribution in [1.82, 2.24) is 0 Å². The Balaban J connectivity index is 1.64. The van der Waals surface area contributed by atoms with Gasteiger partial charge in [0.05, 0.1) is 31.9 Å². The highest BCUT2D eigenvalue weighted by atomic mass is 16.5. The van der Waals surface area contributed by atoms with Crippen molar-refractivity contribution < 1.29 is 23.5 Å². The highest BCUT2D eigenvalue weighted by Gasteiger charge is 2.42. The average molecular weight is 459 g/mol. The Morgan fingerprint density at radius 1 is 1.03 bits per heavy atom. The first-order valence-electron chi connectivity index (χ1n) is 11.2. The second-order valence-electron chi connectivity index (χ2n) is 8.48. The second kappa shape index (κ2) is 8.74. The number of hydrogen-bond acceptors (Lipinski definition) is 6. The standard InChI is InChI=1S/C27H26N2O5/c1-16(30)29-21-8-5-4-7-19(21)28-20-13-18(17-10-11-23(32-2)25(15-17)33-3)14-22(31)26(20)27(29)24-9-6-12-34-24/h4-12,15,18,27-28H,13-14H2,1-3H3/t18-,27-/m0/s1. The maximum absolute atomic E-state index is 13.7. The zero-order valence-electron chi connectivity index (χ0n) is 19.3. The lowest BCUT2D eigenvalue weighted by Crippen LogP contribution is -2.37. The van der Waals surface area contributed by atoms with E-state index in [1.807, 2.05) is 48.5 Å². The predicted molar refractivity (Wildman–Crippen MR) is 128 cm³/mol. The van der Waals surface area contributed by atoms with Crippen LogP contribution in [0, 0.1) is 0 Å². The molecule has 0 unspecified atom stereocenters. The van der Waals surface area contributed by atoms with Crippen LogP contribution in [0.2, 0.25) is 0 Å². The molecule has 0 spiro atoms. The Hall–Kier alpha value is -4.00. The molecule has 1 N–H and O–H groups in total. The van der Waals surface area contributed by atoms with Gasteiger partial charge < -0.3 is 19.2 Å². The molecule has 2 aromatic carbocycles. The van der Waals surface area contributed by atoms with Gasteiger partial charge in [0.25, 0.3) is 0 Å². The van der Waals surface area contributed by atoms with E-state index < -0.39 is 6.04 Å². The molecule has 0 saturated carbocycles. The van der Waals surface area contributed by atoms with Crippen LogP contribution in [0.15, 0.2) is 76.5 Å². The number of ether oxygens (including phenoxy) is 2. The van der Waals surface area contributed by atoms with Crippen LogP contribution in [-0.4, -0.2) is 25.9 Å². The monoisotopic (exact) mass is 458 g/mol. The van der Waals surface area contributed by atoms with E-state index in [1.165, 1.54) is 6.92 Å². The molecular weight excluding hydrogens is 432 g/mol. The predicted octanol–water partition coefficient (Wildman–Crippen LogP) is 5.22. The number of allylic oxidation sites excluding steroid dienone is 1. The lowest BCUT2D eigenvalue weighted by atomic mass is 9.79. The minimum atomic E-state index is -0.641. The van der Waals surface area contributed by atoms with Crippen LogP contribution in [-0.2, 0) is 9.59 Å². The number of hydrogen-bond donors (Lipinski definition) is 1. The van der Waals surface area contributed by atoms with Gasteiger partial charge in [0.15, 0.2) is 17.3 Å². The van der Waals surface area contributed by atoms with E-state index in [0.29, 0.717) is 41.4 Å². The highest BCUT2D eigenvalue weighted by Crippen LogP contribution is 2.48. The number of rotatable bonds is 4. The summed E-state index contributed by atoms with van der Waals surface area (Å²) in [7, 11) is 3.20. The molecule has 7 nitrogen and oxygen atoms in total. The van der Waals surface area contributed by atoms with E-state index >= 15 is 0 Å². The Morgan fingerprint density at radius 3 is 2.53 bits per heavy atom. The number of anilines is 2. The molecule has 0 radical (unpaired) electrons. The number of carbonyl (C=O) groups excluding carboxylic acids is 2. The Bertz CT molecular complexity index is 1280. The van der Waals surface area contributed by atoms with Crippen molar-refractivity contribution in [2.45, 2.75) is 31.7 Å². The lowest BCUT2D eigenvalue weighted by Gasteiger charge is -2.33. The molecule has 0 saturated heterocycles. The van der Waals surface area contributed by atoms with Crippen molar-refractivity contribution in [1.29, 1.82) is 0 Å². The first-order valence-corrected chi connectivity index (χ1v) is 11.2. The van der Waals surface area contributed by atoms with Crippen molar-refractivity contribution in [3.05, 3.63) is 83.5 Å². The van der Waals surface area contributed by atoms with Crippen molar-refractivity contribution >= 4 is 23.1 Å². The number of carbonyl (C=O) groups is 2. The average Bonchev–Trinajstić information content (AvgIpc) is 3.32. The van der Waals surface area contributed by atoms with Crippen molar-refractivity contribution in [2.24, 2.45) is 0 Å². The van der Waals surface area contributed by atoms with Crippen LogP contribution in [0.4, 0.5) is 11.4 Å². The molecule has 2 heterocycles. The number of Topliss-reactive ketones (excluding diaryl/α,β-unsaturated/α-hetero) is 1. The summed E-state index contributed by atoms with van der Waals surface area (Å²) in [4.78, 5) is 28.3. The Kier molecular flexibility index (Phi) is 5.61. The highest BCUT2D eigenvalue weighted by molar-refractivity contribution is 6.05. The van der Waals surface area contributed by atoms with Gasteiger partial charge in [-0.15, -0.1) is 0 Å². The molecule has 1 amide bonds. The molecule has 174 valence electrons. The SMILES string of the molecule is COc1ccc([C@@H]2CC(=O)C3=C(C2)Nc2ccccc2N(C(C)=O)[C@H]3c2ccco2)cc1OC. The maximum Gasteiger partial charge on any atom is 0.224 e. The molecule has 1 aliphatic carbocycles. The van der Waals surface area contributed by atoms with Crippen LogP contribution >= 0.6 is 0 Å². The molecule has 1 aliphatic heterocycles. The van der Waals surface area contributed by atoms with E-state index in [-0.39, 0.29) is 17.6 Å². The Morgan fingerprint density at radius 2 is 1.82 bits per heavy atom. The van der Waals surface area contributed by atoms with Crippen molar-refractivity contribution in [2.75, 3.05) is 24.4 Å². The van der Waals surface area contributed by atoms with Crippen molar-refractivity contribution in [3.63, 3.8) is 0 Å². The summed E-state index contributed by atoms with van der Waals surface area (Å²) in [6.07, 6.45) is 2.49. The molecule has 7 heteroatoms. The summed E-state index contributed by atoms with van der Waals surface area (Å²) in [6.45, 7) is 1.51. The zero-order chi connectivity index (χ0) is 23.8. The third kappa shape index (κ3) is 3.63. The van der Waals surface area contributed by atoms with E-state index in [1.54, 1.807) is 31.4 Å². The molecule has 0 fully saturated rings. The minimum absolute atomic E-state index is 0.0195. The number of para-hydroxylation sites is 2. The summed E-state index contributed by atoms with van der Waals surface area (Å²) in [6, 6.07) is 16.3. The quantitative estimate of drug-likeness (QED) is 0.578. The van der Waals surface area contributed by atoms with Crippen LogP contribution in [0.5, 0.6) is 11.5 Å². The Labute approximate surface area is 198 Å². The number of benzene rings is 2. The molecule has 2 aliphatic rings. The van der Waals surface area contributed by atoms with Gasteiger partial charge in [-0.25, -0.2) is 0 Å². The molecule has 5 rings (SSSR count). The summed E-state index contributed by atoms with van der Waals surface area (Å²) in [5.41, 5.74) is 3.85. The van der Waals surface area contributed by atoms with E-state index in [2.05, 4.69) is 5.32 Å². The van der Waals surface area contributed by atoms with Gasteiger partial charge in [-0.2, -0.15) is 0 Å². The molecule has 3 aromatic rings. The van der Waals surface area contributed by atoms with Crippen molar-refractivity contribution in [3.8, 4) is 11.5 Å². The summed E-state index contributed by atoms with van der Waals surface area (Å²) in [5.74, 6) is 1.59. The zero-order valence-corrected chi connectivity index (χ0v) is 19.3. The lowest BCUT2D eigenvalue weighted by molar-refractivity contribution is -0.117. The van der Waals surface area contributed by atoms with E-state index in [0.717, 1.165) is 16.9 Å². The maximum atomic E-state index is 13.7. The summed E-state index contributed by atoms with van der Waals surface area (Å²) < 4.78 is 16.6. The third-order valence-corrected chi connectivity index (χ3v) is 6.52. The summed E-state index contributed by atoms with van der Waals surface area (Å²) >= 11 is 0. The van der Waals surface area contributed by atoms with Crippen LogP contribution in [0.25, 0.3) is 0 Å².